The maximum absolute atomic E-state index is 13.3. The van der Waals surface area contributed by atoms with Gasteiger partial charge in [-0.25, -0.2) is 13.4 Å². The number of nitrogens with zero attached hydrogens (tertiary/aromatic N) is 2. The molecule has 1 amide bonds. The summed E-state index contributed by atoms with van der Waals surface area (Å²) < 4.78 is 38.4. The van der Waals surface area contributed by atoms with Crippen LogP contribution in [0.3, 0.4) is 0 Å². The van der Waals surface area contributed by atoms with Crippen LogP contribution in [0, 0.1) is 5.92 Å². The van der Waals surface area contributed by atoms with E-state index in [0.29, 0.717) is 36.6 Å². The summed E-state index contributed by atoms with van der Waals surface area (Å²) in [6.45, 7) is 0.392. The van der Waals surface area contributed by atoms with Gasteiger partial charge in [-0.2, -0.15) is 4.31 Å². The lowest BCUT2D eigenvalue weighted by atomic mass is 9.98. The number of piperidine rings is 1. The number of methoxy groups -OCH3 is 2. The van der Waals surface area contributed by atoms with E-state index >= 15 is 0 Å². The van der Waals surface area contributed by atoms with Gasteiger partial charge in [0.1, 0.15) is 11.5 Å². The normalized spacial score (nSPS) is 16.4. The fraction of sp³-hybridized carbons (Fsp3) is 0.333. The van der Waals surface area contributed by atoms with Gasteiger partial charge >= 0.3 is 0 Å². The quantitative estimate of drug-likeness (QED) is 0.423. The van der Waals surface area contributed by atoms with E-state index in [1.807, 2.05) is 17.5 Å². The first-order valence-electron chi connectivity index (χ1n) is 11.2. The zero-order valence-electron chi connectivity index (χ0n) is 20.1. The summed E-state index contributed by atoms with van der Waals surface area (Å²) in [7, 11) is 0.968. The van der Waals surface area contributed by atoms with Crippen molar-refractivity contribution in [2.24, 2.45) is 5.92 Å². The summed E-state index contributed by atoms with van der Waals surface area (Å²) in [6, 6.07) is 9.80. The Morgan fingerprint density at radius 3 is 2.58 bits per heavy atom. The number of anilines is 2. The van der Waals surface area contributed by atoms with Crippen LogP contribution in [0.15, 0.2) is 46.7 Å². The second-order valence-corrected chi connectivity index (χ2v) is 11.4. The first kappa shape index (κ1) is 26.2. The molecule has 1 aliphatic heterocycles. The standard InChI is InChI=1S/C24H27ClN4O5S2/c1-26-24-28-20(14-35-24)15-6-8-22(34-3)19(11-15)27-23(30)16-5-4-10-29(13-16)36(31,32)17-7-9-21(33-2)18(25)12-17/h6-9,11-12,14,16H,4-5,10,13H2,1-3H3,(H,26,28)(H,27,30). The maximum atomic E-state index is 13.3. The lowest BCUT2D eigenvalue weighted by Gasteiger charge is -2.31. The van der Waals surface area contributed by atoms with Crippen molar-refractivity contribution in [2.45, 2.75) is 17.7 Å². The lowest BCUT2D eigenvalue weighted by molar-refractivity contribution is -0.120. The van der Waals surface area contributed by atoms with Crippen molar-refractivity contribution < 1.29 is 22.7 Å². The predicted molar refractivity (Wildman–Crippen MR) is 142 cm³/mol. The summed E-state index contributed by atoms with van der Waals surface area (Å²) in [4.78, 5) is 17.8. The largest absolute Gasteiger partial charge is 0.495 e. The lowest BCUT2D eigenvalue weighted by Crippen LogP contribution is -2.43. The van der Waals surface area contributed by atoms with E-state index in [1.54, 1.807) is 13.1 Å². The topological polar surface area (TPSA) is 110 Å². The fourth-order valence-corrected chi connectivity index (χ4v) is 6.61. The number of sulfonamides is 1. The van der Waals surface area contributed by atoms with Crippen LogP contribution in [-0.2, 0) is 14.8 Å². The van der Waals surface area contributed by atoms with Gasteiger partial charge in [0, 0.05) is 31.1 Å². The third kappa shape index (κ3) is 5.44. The summed E-state index contributed by atoms with van der Waals surface area (Å²) in [5.41, 5.74) is 2.10. The van der Waals surface area contributed by atoms with Crippen LogP contribution < -0.4 is 20.1 Å². The van der Waals surface area contributed by atoms with Gasteiger partial charge in [0.2, 0.25) is 15.9 Å². The molecule has 1 aliphatic rings. The summed E-state index contributed by atoms with van der Waals surface area (Å²) >= 11 is 7.63. The Bertz CT molecular complexity index is 1360. The zero-order chi connectivity index (χ0) is 25.9. The van der Waals surface area contributed by atoms with E-state index in [4.69, 9.17) is 21.1 Å². The summed E-state index contributed by atoms with van der Waals surface area (Å²) in [5.74, 6) is 0.102. The van der Waals surface area contributed by atoms with Crippen LogP contribution in [0.2, 0.25) is 5.02 Å². The number of hydrogen-bond donors (Lipinski definition) is 2. The van der Waals surface area contributed by atoms with Gasteiger partial charge in [0.25, 0.3) is 0 Å². The summed E-state index contributed by atoms with van der Waals surface area (Å²) in [5, 5.41) is 8.86. The van der Waals surface area contributed by atoms with Crippen LogP contribution >= 0.6 is 22.9 Å². The fourth-order valence-electron chi connectivity index (χ4n) is 4.05. The Labute approximate surface area is 219 Å². The molecule has 9 nitrogen and oxygen atoms in total. The number of rotatable bonds is 8. The van der Waals surface area contributed by atoms with Crippen molar-refractivity contribution in [3.05, 3.63) is 46.8 Å². The highest BCUT2D eigenvalue weighted by atomic mass is 35.5. The minimum absolute atomic E-state index is 0.0629. The molecule has 0 aliphatic carbocycles. The van der Waals surface area contributed by atoms with Crippen LogP contribution in [0.25, 0.3) is 11.3 Å². The number of carbonyl (C=O) groups is 1. The van der Waals surface area contributed by atoms with Crippen LogP contribution in [0.4, 0.5) is 10.8 Å². The molecule has 0 saturated carbocycles. The smallest absolute Gasteiger partial charge is 0.243 e. The van der Waals surface area contributed by atoms with E-state index in [1.165, 1.54) is 48.1 Å². The summed E-state index contributed by atoms with van der Waals surface area (Å²) in [6.07, 6.45) is 1.13. The van der Waals surface area contributed by atoms with Crippen molar-refractivity contribution in [2.75, 3.05) is 45.0 Å². The van der Waals surface area contributed by atoms with Crippen molar-refractivity contribution in [1.82, 2.24) is 9.29 Å². The van der Waals surface area contributed by atoms with Gasteiger partial charge < -0.3 is 20.1 Å². The zero-order valence-corrected chi connectivity index (χ0v) is 22.5. The molecule has 0 spiro atoms. The van der Waals surface area contributed by atoms with E-state index in [-0.39, 0.29) is 22.4 Å². The Morgan fingerprint density at radius 2 is 1.92 bits per heavy atom. The molecule has 2 aromatic carbocycles. The monoisotopic (exact) mass is 550 g/mol. The molecule has 1 atom stereocenters. The Morgan fingerprint density at radius 1 is 1.17 bits per heavy atom. The number of nitrogens with one attached hydrogen (secondary N) is 2. The van der Waals surface area contributed by atoms with Crippen molar-refractivity contribution >= 4 is 49.7 Å². The molecule has 3 aromatic rings. The average Bonchev–Trinajstić information content (AvgIpc) is 3.38. The minimum atomic E-state index is -3.83. The molecule has 0 bridgehead atoms. The molecular weight excluding hydrogens is 524 g/mol. The predicted octanol–water partition coefficient (Wildman–Crippen LogP) is 4.56. The second kappa shape index (κ2) is 11.0. The molecule has 36 heavy (non-hydrogen) atoms. The van der Waals surface area contributed by atoms with Crippen LogP contribution in [0.1, 0.15) is 12.8 Å². The Hall–Kier alpha value is -2.86. The molecular formula is C24H27ClN4O5S2. The van der Waals surface area contributed by atoms with Gasteiger partial charge in [0.05, 0.1) is 41.4 Å². The number of benzene rings is 2. The van der Waals surface area contributed by atoms with E-state index in [9.17, 15) is 13.2 Å². The van der Waals surface area contributed by atoms with Gasteiger partial charge in [-0.3, -0.25) is 4.79 Å². The average molecular weight is 551 g/mol. The molecule has 1 saturated heterocycles. The Kier molecular flexibility index (Phi) is 8.04. The minimum Gasteiger partial charge on any atom is -0.495 e. The first-order valence-corrected chi connectivity index (χ1v) is 13.9. The highest BCUT2D eigenvalue weighted by Gasteiger charge is 2.34. The molecule has 1 unspecified atom stereocenters. The molecule has 2 N–H and O–H groups in total. The molecule has 2 heterocycles. The first-order chi connectivity index (χ1) is 17.3. The molecule has 4 rings (SSSR count). The molecule has 0 radical (unpaired) electrons. The van der Waals surface area contributed by atoms with E-state index in [2.05, 4.69) is 15.6 Å². The number of ether oxygens (including phenoxy) is 2. The van der Waals surface area contributed by atoms with Gasteiger partial charge in [-0.15, -0.1) is 11.3 Å². The number of aromatic nitrogens is 1. The third-order valence-corrected chi connectivity index (χ3v) is 9.00. The van der Waals surface area contributed by atoms with Crippen molar-refractivity contribution in [1.29, 1.82) is 0 Å². The highest BCUT2D eigenvalue weighted by Crippen LogP contribution is 2.34. The van der Waals surface area contributed by atoms with Crippen molar-refractivity contribution in [3.63, 3.8) is 0 Å². The van der Waals surface area contributed by atoms with E-state index in [0.717, 1.165) is 16.4 Å². The molecule has 192 valence electrons. The molecule has 1 aromatic heterocycles. The maximum Gasteiger partial charge on any atom is 0.243 e. The van der Waals surface area contributed by atoms with E-state index < -0.39 is 15.9 Å². The van der Waals surface area contributed by atoms with Crippen LogP contribution in [-0.4, -0.2) is 58.0 Å². The third-order valence-electron chi connectivity index (χ3n) is 5.99. The number of amides is 1. The second-order valence-electron chi connectivity index (χ2n) is 8.19. The number of thiazole rings is 1. The van der Waals surface area contributed by atoms with Gasteiger partial charge in [-0.1, -0.05) is 11.6 Å². The van der Waals surface area contributed by atoms with Crippen LogP contribution in [0.5, 0.6) is 11.5 Å². The molecule has 1 fully saturated rings. The SMILES string of the molecule is CNc1nc(-c2ccc(OC)c(NC(=O)C3CCCN(S(=O)(=O)c4ccc(OC)c(Cl)c4)C3)c2)cs1. The van der Waals surface area contributed by atoms with Gasteiger partial charge in [-0.05, 0) is 49.2 Å². The van der Waals surface area contributed by atoms with Gasteiger partial charge in [0.15, 0.2) is 5.13 Å². The number of carbonyl (C=O) groups excluding carboxylic acids is 1. The van der Waals surface area contributed by atoms with Crippen molar-refractivity contribution in [3.8, 4) is 22.8 Å². The molecule has 12 heteroatoms. The number of halogens is 1. The highest BCUT2D eigenvalue weighted by molar-refractivity contribution is 7.89. The Balaban J connectivity index is 1.52. The number of hydrogen-bond acceptors (Lipinski definition) is 8.